The lowest BCUT2D eigenvalue weighted by Gasteiger charge is -2.15. The van der Waals surface area contributed by atoms with Crippen molar-refractivity contribution >= 4 is 38.1 Å². The molecule has 0 fully saturated rings. The molecule has 0 aliphatic heterocycles. The van der Waals surface area contributed by atoms with Crippen molar-refractivity contribution in [2.24, 2.45) is 5.92 Å². The van der Waals surface area contributed by atoms with E-state index in [1.165, 1.54) is 22.3 Å². The lowest BCUT2D eigenvalue weighted by Crippen LogP contribution is -2.15. The number of amides is 1. The number of nitrogens with one attached hydrogen (secondary N) is 2. The Morgan fingerprint density at radius 1 is 1.17 bits per heavy atom. The van der Waals surface area contributed by atoms with E-state index in [-0.39, 0.29) is 10.8 Å². The lowest BCUT2D eigenvalue weighted by molar-refractivity contribution is 0.102. The summed E-state index contributed by atoms with van der Waals surface area (Å²) in [5.74, 6) is 0.324. The Balaban J connectivity index is 1.49. The van der Waals surface area contributed by atoms with Crippen LogP contribution in [-0.4, -0.2) is 19.3 Å². The third-order valence-corrected chi connectivity index (χ3v) is 7.55. The van der Waals surface area contributed by atoms with Gasteiger partial charge >= 0.3 is 0 Å². The minimum Gasteiger partial charge on any atom is -0.298 e. The van der Waals surface area contributed by atoms with E-state index in [0.29, 0.717) is 22.3 Å². The maximum atomic E-state index is 12.7. The van der Waals surface area contributed by atoms with Gasteiger partial charge in [-0.1, -0.05) is 30.7 Å². The molecule has 1 amide bonds. The molecule has 1 aromatic heterocycles. The van der Waals surface area contributed by atoms with E-state index < -0.39 is 10.0 Å². The van der Waals surface area contributed by atoms with Gasteiger partial charge in [0.15, 0.2) is 5.13 Å². The first-order valence-electron chi connectivity index (χ1n) is 9.79. The average Bonchev–Trinajstić information content (AvgIpc) is 3.09. The van der Waals surface area contributed by atoms with E-state index in [1.54, 1.807) is 42.5 Å². The van der Waals surface area contributed by atoms with Crippen molar-refractivity contribution in [1.82, 2.24) is 4.98 Å². The maximum Gasteiger partial charge on any atom is 0.261 e. The third kappa shape index (κ3) is 4.55. The number of benzene rings is 2. The van der Waals surface area contributed by atoms with Crippen molar-refractivity contribution in [1.29, 1.82) is 0 Å². The molecule has 8 heteroatoms. The fourth-order valence-corrected chi connectivity index (χ4v) is 5.63. The molecule has 2 N–H and O–H groups in total. The van der Waals surface area contributed by atoms with E-state index in [9.17, 15) is 13.2 Å². The molecule has 1 heterocycles. The SMILES string of the molecule is Cc1ccc(S(=O)(=O)Nc2cccc(C(=O)Nc3nc4c(s3)CC(C)CC4)c2)cc1. The number of anilines is 2. The van der Waals surface area contributed by atoms with Crippen LogP contribution in [0, 0.1) is 12.8 Å². The fourth-order valence-electron chi connectivity index (χ4n) is 3.42. The number of hydrogen-bond donors (Lipinski definition) is 2. The molecule has 2 aromatic carbocycles. The van der Waals surface area contributed by atoms with E-state index in [2.05, 4.69) is 21.9 Å². The number of carbonyl (C=O) groups is 1. The molecule has 1 aliphatic carbocycles. The van der Waals surface area contributed by atoms with Crippen LogP contribution in [0.5, 0.6) is 0 Å². The van der Waals surface area contributed by atoms with E-state index >= 15 is 0 Å². The molecular formula is C22H23N3O3S2. The summed E-state index contributed by atoms with van der Waals surface area (Å²) >= 11 is 1.52. The molecule has 0 saturated heterocycles. The quantitative estimate of drug-likeness (QED) is 0.604. The molecule has 0 bridgehead atoms. The fraction of sp³-hybridized carbons (Fsp3) is 0.273. The molecular weight excluding hydrogens is 418 g/mol. The van der Waals surface area contributed by atoms with Crippen LogP contribution in [0.2, 0.25) is 0 Å². The number of nitrogens with zero attached hydrogens (tertiary/aromatic N) is 1. The summed E-state index contributed by atoms with van der Waals surface area (Å²) in [6.45, 7) is 4.12. The normalized spacial score (nSPS) is 16.0. The van der Waals surface area contributed by atoms with Gasteiger partial charge in [-0.05, 0) is 62.4 Å². The van der Waals surface area contributed by atoms with Gasteiger partial charge in [0, 0.05) is 16.1 Å². The molecule has 3 aromatic rings. The summed E-state index contributed by atoms with van der Waals surface area (Å²) in [6, 6.07) is 13.0. The second-order valence-electron chi connectivity index (χ2n) is 7.69. The van der Waals surface area contributed by atoms with Crippen LogP contribution in [0.3, 0.4) is 0 Å². The highest BCUT2D eigenvalue weighted by molar-refractivity contribution is 7.92. The minimum absolute atomic E-state index is 0.172. The predicted octanol–water partition coefficient (Wildman–Crippen LogP) is 4.63. The molecule has 0 saturated carbocycles. The first kappa shape index (κ1) is 20.6. The van der Waals surface area contributed by atoms with Gasteiger partial charge in [0.05, 0.1) is 10.6 Å². The van der Waals surface area contributed by atoms with Crippen LogP contribution in [-0.2, 0) is 22.9 Å². The van der Waals surface area contributed by atoms with Crippen LogP contribution in [0.1, 0.15) is 39.8 Å². The van der Waals surface area contributed by atoms with Crippen molar-refractivity contribution < 1.29 is 13.2 Å². The molecule has 1 atom stereocenters. The van der Waals surface area contributed by atoms with Gasteiger partial charge in [-0.3, -0.25) is 14.8 Å². The average molecular weight is 442 g/mol. The predicted molar refractivity (Wildman–Crippen MR) is 120 cm³/mol. The summed E-state index contributed by atoms with van der Waals surface area (Å²) in [4.78, 5) is 18.7. The number of thiazole rings is 1. The second-order valence-corrected chi connectivity index (χ2v) is 10.5. The molecule has 6 nitrogen and oxygen atoms in total. The Bertz CT molecular complexity index is 1180. The number of fused-ring (bicyclic) bond motifs is 1. The van der Waals surface area contributed by atoms with E-state index in [0.717, 1.165) is 30.5 Å². The highest BCUT2D eigenvalue weighted by Crippen LogP contribution is 2.32. The van der Waals surface area contributed by atoms with Crippen LogP contribution in [0.25, 0.3) is 0 Å². The summed E-state index contributed by atoms with van der Waals surface area (Å²) < 4.78 is 27.7. The van der Waals surface area contributed by atoms with Crippen LogP contribution in [0.15, 0.2) is 53.4 Å². The van der Waals surface area contributed by atoms with Gasteiger partial charge in [0.25, 0.3) is 15.9 Å². The standard InChI is InChI=1S/C22H23N3O3S2/c1-14-6-9-18(10-7-14)30(27,28)25-17-5-3-4-16(13-17)21(26)24-22-23-19-11-8-15(2)12-20(19)29-22/h3-7,9-10,13,15,25H,8,11-12H2,1-2H3,(H,23,24,26). The van der Waals surface area contributed by atoms with Gasteiger partial charge in [0.1, 0.15) is 0 Å². The van der Waals surface area contributed by atoms with Crippen molar-refractivity contribution in [2.45, 2.75) is 38.0 Å². The molecule has 1 aliphatic rings. The van der Waals surface area contributed by atoms with Gasteiger partial charge in [0.2, 0.25) is 0 Å². The summed E-state index contributed by atoms with van der Waals surface area (Å²) in [6.07, 6.45) is 3.06. The van der Waals surface area contributed by atoms with Gasteiger partial charge in [-0.15, -0.1) is 11.3 Å². The molecule has 30 heavy (non-hydrogen) atoms. The maximum absolute atomic E-state index is 12.7. The Morgan fingerprint density at radius 2 is 1.93 bits per heavy atom. The molecule has 0 spiro atoms. The highest BCUT2D eigenvalue weighted by Gasteiger charge is 2.21. The number of hydrogen-bond acceptors (Lipinski definition) is 5. The van der Waals surface area contributed by atoms with Crippen LogP contribution < -0.4 is 10.0 Å². The molecule has 1 unspecified atom stereocenters. The smallest absolute Gasteiger partial charge is 0.261 e. The molecule has 0 radical (unpaired) electrons. The van der Waals surface area contributed by atoms with E-state index in [1.807, 2.05) is 6.92 Å². The lowest BCUT2D eigenvalue weighted by atomic mass is 9.93. The number of aromatic nitrogens is 1. The summed E-state index contributed by atoms with van der Waals surface area (Å²) in [5, 5.41) is 3.44. The van der Waals surface area contributed by atoms with Crippen LogP contribution in [0.4, 0.5) is 10.8 Å². The van der Waals surface area contributed by atoms with Gasteiger partial charge in [-0.2, -0.15) is 0 Å². The number of rotatable bonds is 5. The Hall–Kier alpha value is -2.71. The zero-order valence-electron chi connectivity index (χ0n) is 16.8. The van der Waals surface area contributed by atoms with Crippen molar-refractivity contribution in [3.63, 3.8) is 0 Å². The number of sulfonamides is 1. The van der Waals surface area contributed by atoms with Crippen molar-refractivity contribution in [3.8, 4) is 0 Å². The highest BCUT2D eigenvalue weighted by atomic mass is 32.2. The van der Waals surface area contributed by atoms with Crippen LogP contribution >= 0.6 is 11.3 Å². The molecule has 156 valence electrons. The number of carbonyl (C=O) groups excluding carboxylic acids is 1. The first-order chi connectivity index (χ1) is 14.3. The van der Waals surface area contributed by atoms with Gasteiger partial charge < -0.3 is 0 Å². The third-order valence-electron chi connectivity index (χ3n) is 5.11. The summed E-state index contributed by atoms with van der Waals surface area (Å²) in [7, 11) is -3.73. The van der Waals surface area contributed by atoms with E-state index in [4.69, 9.17) is 0 Å². The topological polar surface area (TPSA) is 88.2 Å². The number of aryl methyl sites for hydroxylation is 2. The minimum atomic E-state index is -3.73. The Kier molecular flexibility index (Phi) is 5.62. The second kappa shape index (κ2) is 8.20. The van der Waals surface area contributed by atoms with Crippen molar-refractivity contribution in [2.75, 3.05) is 10.0 Å². The Morgan fingerprint density at radius 3 is 2.70 bits per heavy atom. The van der Waals surface area contributed by atoms with Gasteiger partial charge in [-0.25, -0.2) is 13.4 Å². The largest absolute Gasteiger partial charge is 0.298 e. The zero-order valence-corrected chi connectivity index (χ0v) is 18.4. The Labute approximate surface area is 180 Å². The molecule has 4 rings (SSSR count). The monoisotopic (exact) mass is 441 g/mol. The summed E-state index contributed by atoms with van der Waals surface area (Å²) in [5.41, 5.74) is 2.75. The zero-order chi connectivity index (χ0) is 21.3. The van der Waals surface area contributed by atoms with Crippen molar-refractivity contribution in [3.05, 3.63) is 70.2 Å². The first-order valence-corrected chi connectivity index (χ1v) is 12.1.